The summed E-state index contributed by atoms with van der Waals surface area (Å²) in [4.78, 5) is 24.1. The van der Waals surface area contributed by atoms with E-state index < -0.39 is 22.2 Å². The van der Waals surface area contributed by atoms with Crippen molar-refractivity contribution < 1.29 is 36.3 Å². The number of alkyl halides is 3. The third-order valence-corrected chi connectivity index (χ3v) is 8.03. The third-order valence-electron chi connectivity index (χ3n) is 5.25. The fourth-order valence-electron chi connectivity index (χ4n) is 3.46. The molecule has 1 aromatic heterocycles. The van der Waals surface area contributed by atoms with Gasteiger partial charge >= 0.3 is 12.1 Å². The first-order valence-electron chi connectivity index (χ1n) is 11.3. The van der Waals surface area contributed by atoms with E-state index >= 15 is 0 Å². The van der Waals surface area contributed by atoms with Gasteiger partial charge in [0.15, 0.2) is 0 Å². The van der Waals surface area contributed by atoms with Crippen LogP contribution in [0.2, 0.25) is 0 Å². The summed E-state index contributed by atoms with van der Waals surface area (Å²) in [6.45, 7) is 3.61. The smallest absolute Gasteiger partial charge is 0.475 e. The highest BCUT2D eigenvalue weighted by molar-refractivity contribution is 7.94. The molecule has 204 valence electrons. The van der Waals surface area contributed by atoms with Gasteiger partial charge in [-0.15, -0.1) is 11.3 Å². The van der Waals surface area contributed by atoms with Gasteiger partial charge in [0.1, 0.15) is 4.21 Å². The van der Waals surface area contributed by atoms with Gasteiger partial charge in [-0.25, -0.2) is 13.2 Å². The lowest BCUT2D eigenvalue weighted by atomic mass is 10.1. The Bertz CT molecular complexity index is 1330. The number of aliphatic carboxylic acids is 1. The van der Waals surface area contributed by atoms with Crippen LogP contribution >= 0.6 is 11.3 Å². The van der Waals surface area contributed by atoms with Crippen molar-refractivity contribution >= 4 is 44.6 Å². The van der Waals surface area contributed by atoms with Crippen molar-refractivity contribution in [3.8, 4) is 0 Å². The number of anilines is 2. The number of hydrogen-bond donors (Lipinski definition) is 4. The van der Waals surface area contributed by atoms with Crippen LogP contribution in [0.4, 0.5) is 24.5 Å². The van der Waals surface area contributed by atoms with E-state index in [-0.39, 0.29) is 10.1 Å². The molecular weight excluding hydrogens is 545 g/mol. The maximum atomic E-state index is 13.1. The minimum Gasteiger partial charge on any atom is -0.475 e. The number of nitrogens with zero attached hydrogens (tertiary/aromatic N) is 1. The molecule has 1 saturated heterocycles. The Balaban J connectivity index is 0.000000505. The molecule has 2 heterocycles. The normalized spacial score (nSPS) is 13.7. The Hall–Kier alpha value is -3.62. The van der Waals surface area contributed by atoms with Crippen molar-refractivity contribution in [2.75, 3.05) is 35.8 Å². The summed E-state index contributed by atoms with van der Waals surface area (Å²) in [5.74, 6) is -3.00. The van der Waals surface area contributed by atoms with Gasteiger partial charge in [-0.1, -0.05) is 36.4 Å². The highest BCUT2D eigenvalue weighted by atomic mass is 32.2. The molecule has 0 unspecified atom stereocenters. The highest BCUT2D eigenvalue weighted by Gasteiger charge is 2.38. The van der Waals surface area contributed by atoms with Crippen LogP contribution < -0.4 is 20.3 Å². The van der Waals surface area contributed by atoms with E-state index in [0.29, 0.717) is 17.8 Å². The fourth-order valence-corrected chi connectivity index (χ4v) is 5.50. The molecule has 0 radical (unpaired) electrons. The molecule has 0 spiro atoms. The number of hydrogen-bond acceptors (Lipinski definition) is 7. The molecule has 4 rings (SSSR count). The number of carboxylic acid groups (broad SMARTS) is 1. The maximum Gasteiger partial charge on any atom is 0.490 e. The van der Waals surface area contributed by atoms with Crippen molar-refractivity contribution in [1.29, 1.82) is 0 Å². The van der Waals surface area contributed by atoms with Crippen molar-refractivity contribution in [2.24, 2.45) is 0 Å². The van der Waals surface area contributed by atoms with E-state index in [1.165, 1.54) is 0 Å². The second-order valence-electron chi connectivity index (χ2n) is 7.98. The first kappa shape index (κ1) is 28.9. The Morgan fingerprint density at radius 3 is 2.26 bits per heavy atom. The standard InChI is InChI=1S/C22H24N4O3S2.C2HF3O2/c27-22(24-16-17-5-2-1-3-6-17)19-15-18(25-31(28,29)21-7-4-14-30-21)8-9-20(19)26-12-10-23-11-13-26;3-2(4,5)1(6)7/h1-9,14-15,23,25H,10-13,16H2,(H,24,27);(H,6,7). The van der Waals surface area contributed by atoms with Gasteiger partial charge in [-0.05, 0) is 35.2 Å². The molecule has 9 nitrogen and oxygen atoms in total. The molecule has 3 aromatic rings. The Morgan fingerprint density at radius 2 is 1.68 bits per heavy atom. The first-order valence-corrected chi connectivity index (χ1v) is 13.6. The molecule has 2 aromatic carbocycles. The largest absolute Gasteiger partial charge is 0.490 e. The van der Waals surface area contributed by atoms with Gasteiger partial charge in [0, 0.05) is 44.1 Å². The van der Waals surface area contributed by atoms with Gasteiger partial charge in [0.25, 0.3) is 15.9 Å². The number of carboxylic acids is 1. The summed E-state index contributed by atoms with van der Waals surface area (Å²) in [5.41, 5.74) is 2.60. The number of rotatable bonds is 7. The zero-order valence-electron chi connectivity index (χ0n) is 19.9. The van der Waals surface area contributed by atoms with E-state index in [1.54, 1.807) is 29.6 Å². The number of carbonyl (C=O) groups excluding carboxylic acids is 1. The molecule has 0 atom stereocenters. The van der Waals surface area contributed by atoms with E-state index in [2.05, 4.69) is 20.3 Å². The minimum atomic E-state index is -5.08. The molecule has 0 bridgehead atoms. The minimum absolute atomic E-state index is 0.230. The number of nitrogens with one attached hydrogen (secondary N) is 3. The Kier molecular flexibility index (Phi) is 9.72. The van der Waals surface area contributed by atoms with Gasteiger partial charge in [0.05, 0.1) is 5.56 Å². The summed E-state index contributed by atoms with van der Waals surface area (Å²) >= 11 is 1.15. The Labute approximate surface area is 221 Å². The summed E-state index contributed by atoms with van der Waals surface area (Å²) < 4.78 is 59.8. The average Bonchev–Trinajstić information content (AvgIpc) is 3.44. The number of piperazine rings is 1. The molecule has 4 N–H and O–H groups in total. The molecule has 38 heavy (non-hydrogen) atoms. The molecule has 1 aliphatic heterocycles. The van der Waals surface area contributed by atoms with Gasteiger partial charge in [0.2, 0.25) is 0 Å². The number of amides is 1. The summed E-state index contributed by atoms with van der Waals surface area (Å²) in [6.07, 6.45) is -5.08. The van der Waals surface area contributed by atoms with E-state index in [1.807, 2.05) is 36.4 Å². The predicted molar refractivity (Wildman–Crippen MR) is 138 cm³/mol. The lowest BCUT2D eigenvalue weighted by Gasteiger charge is -2.31. The quantitative estimate of drug-likeness (QED) is 0.342. The number of halogens is 3. The second kappa shape index (κ2) is 12.8. The zero-order chi connectivity index (χ0) is 27.8. The van der Waals surface area contributed by atoms with Gasteiger partial charge in [-0.3, -0.25) is 9.52 Å². The molecular formula is C24H25F3N4O5S2. The van der Waals surface area contributed by atoms with Gasteiger partial charge < -0.3 is 20.6 Å². The van der Waals surface area contributed by atoms with Crippen LogP contribution in [-0.2, 0) is 21.4 Å². The molecule has 0 saturated carbocycles. The predicted octanol–water partition coefficient (Wildman–Crippen LogP) is 3.52. The summed E-state index contributed by atoms with van der Waals surface area (Å²) in [7, 11) is -3.69. The number of sulfonamides is 1. The summed E-state index contributed by atoms with van der Waals surface area (Å²) in [6, 6.07) is 18.0. The van der Waals surface area contributed by atoms with E-state index in [9.17, 15) is 26.4 Å². The van der Waals surface area contributed by atoms with Crippen molar-refractivity contribution in [3.63, 3.8) is 0 Å². The molecule has 1 fully saturated rings. The van der Waals surface area contributed by atoms with Crippen molar-refractivity contribution in [3.05, 3.63) is 77.2 Å². The van der Waals surface area contributed by atoms with Crippen LogP contribution in [0, 0.1) is 0 Å². The van der Waals surface area contributed by atoms with Crippen LogP contribution in [0.3, 0.4) is 0 Å². The zero-order valence-corrected chi connectivity index (χ0v) is 21.5. The van der Waals surface area contributed by atoms with Crippen molar-refractivity contribution in [1.82, 2.24) is 10.6 Å². The van der Waals surface area contributed by atoms with E-state index in [0.717, 1.165) is 48.8 Å². The molecule has 1 amide bonds. The lowest BCUT2D eigenvalue weighted by molar-refractivity contribution is -0.192. The SMILES string of the molecule is O=C(NCc1ccccc1)c1cc(NS(=O)(=O)c2cccs2)ccc1N1CCNCC1.O=C(O)C(F)(F)F. The monoisotopic (exact) mass is 570 g/mol. The van der Waals surface area contributed by atoms with Crippen LogP contribution in [0.1, 0.15) is 15.9 Å². The highest BCUT2D eigenvalue weighted by Crippen LogP contribution is 2.27. The summed E-state index contributed by atoms with van der Waals surface area (Å²) in [5, 5.41) is 15.1. The fraction of sp³-hybridized carbons (Fsp3) is 0.250. The number of benzene rings is 2. The molecule has 1 aliphatic rings. The molecule has 0 aliphatic carbocycles. The lowest BCUT2D eigenvalue weighted by Crippen LogP contribution is -2.44. The van der Waals surface area contributed by atoms with Crippen LogP contribution in [0.25, 0.3) is 0 Å². The van der Waals surface area contributed by atoms with Crippen LogP contribution in [0.15, 0.2) is 70.3 Å². The maximum absolute atomic E-state index is 13.1. The first-order chi connectivity index (χ1) is 18.0. The average molecular weight is 571 g/mol. The van der Waals surface area contributed by atoms with Crippen LogP contribution in [0.5, 0.6) is 0 Å². The van der Waals surface area contributed by atoms with E-state index in [4.69, 9.17) is 9.90 Å². The van der Waals surface area contributed by atoms with Gasteiger partial charge in [-0.2, -0.15) is 13.2 Å². The van der Waals surface area contributed by atoms with Crippen LogP contribution in [-0.4, -0.2) is 57.8 Å². The number of thiophene rings is 1. The van der Waals surface area contributed by atoms with Crippen molar-refractivity contribution in [2.45, 2.75) is 16.9 Å². The number of carbonyl (C=O) groups is 2. The molecule has 14 heteroatoms. The second-order valence-corrected chi connectivity index (χ2v) is 10.8. The third kappa shape index (κ3) is 8.19. The Morgan fingerprint density at radius 1 is 1.03 bits per heavy atom. The topological polar surface area (TPSA) is 128 Å².